The highest BCUT2D eigenvalue weighted by molar-refractivity contribution is 7.18. The third kappa shape index (κ3) is 3.78. The van der Waals surface area contributed by atoms with E-state index in [0.29, 0.717) is 67.4 Å². The molecule has 8 nitrogen and oxygen atoms in total. The Labute approximate surface area is 192 Å². The zero-order valence-electron chi connectivity index (χ0n) is 17.9. The van der Waals surface area contributed by atoms with Crippen LogP contribution in [-0.2, 0) is 13.0 Å². The monoisotopic (exact) mass is 469 g/mol. The van der Waals surface area contributed by atoms with Gasteiger partial charge in [0.2, 0.25) is 0 Å². The summed E-state index contributed by atoms with van der Waals surface area (Å²) in [7, 11) is 0. The van der Waals surface area contributed by atoms with Crippen molar-refractivity contribution in [3.8, 4) is 10.4 Å². The van der Waals surface area contributed by atoms with Crippen molar-refractivity contribution in [3.05, 3.63) is 56.1 Å². The maximum Gasteiger partial charge on any atom is 0.260 e. The van der Waals surface area contributed by atoms with E-state index in [2.05, 4.69) is 15.0 Å². The van der Waals surface area contributed by atoms with Crippen molar-refractivity contribution in [2.45, 2.75) is 26.8 Å². The molecule has 166 valence electrons. The van der Waals surface area contributed by atoms with Gasteiger partial charge in [0.05, 0.1) is 17.6 Å². The molecule has 32 heavy (non-hydrogen) atoms. The van der Waals surface area contributed by atoms with Crippen molar-refractivity contribution in [2.24, 2.45) is 0 Å². The molecule has 1 saturated heterocycles. The molecule has 1 amide bonds. The standard InChI is InChI=1S/C22H23N5O3S2/c1-3-15-18(13(2)30-25-15)22(29)27-8-6-26(7-9-27)11-17-23-20(28)19-14(12-32-21(19)24-17)16-5-4-10-31-16/h4-5,10,12H,3,6-9,11H2,1-2H3,(H,23,24,28). The van der Waals surface area contributed by atoms with Crippen LogP contribution in [0.1, 0.15) is 34.6 Å². The van der Waals surface area contributed by atoms with E-state index in [1.807, 2.05) is 34.7 Å². The first-order valence-electron chi connectivity index (χ1n) is 10.6. The van der Waals surface area contributed by atoms with E-state index in [0.717, 1.165) is 15.3 Å². The number of aromatic nitrogens is 3. The molecular formula is C22H23N5O3S2. The Balaban J connectivity index is 1.28. The van der Waals surface area contributed by atoms with Crippen molar-refractivity contribution in [1.29, 1.82) is 0 Å². The van der Waals surface area contributed by atoms with Crippen LogP contribution in [0.4, 0.5) is 0 Å². The van der Waals surface area contributed by atoms with Crippen molar-refractivity contribution in [1.82, 2.24) is 24.9 Å². The van der Waals surface area contributed by atoms with Gasteiger partial charge in [0.1, 0.15) is 22.0 Å². The van der Waals surface area contributed by atoms with Gasteiger partial charge in [0.15, 0.2) is 0 Å². The molecule has 1 N–H and O–H groups in total. The quantitative estimate of drug-likeness (QED) is 0.480. The average molecular weight is 470 g/mol. The Kier molecular flexibility index (Phi) is 5.66. The Bertz CT molecular complexity index is 1310. The molecule has 10 heteroatoms. The molecule has 4 aromatic rings. The second-order valence-electron chi connectivity index (χ2n) is 7.80. The number of rotatable bonds is 5. The number of carbonyl (C=O) groups is 1. The fourth-order valence-electron chi connectivity index (χ4n) is 4.09. The molecule has 0 radical (unpaired) electrons. The predicted molar refractivity (Wildman–Crippen MR) is 125 cm³/mol. The topological polar surface area (TPSA) is 95.3 Å². The number of carbonyl (C=O) groups excluding carboxylic acids is 1. The molecule has 0 unspecified atom stereocenters. The number of H-pyrrole nitrogens is 1. The van der Waals surface area contributed by atoms with Crippen molar-refractivity contribution < 1.29 is 9.32 Å². The summed E-state index contributed by atoms with van der Waals surface area (Å²) in [4.78, 5) is 39.4. The third-order valence-electron chi connectivity index (χ3n) is 5.79. The number of aryl methyl sites for hydroxylation is 2. The molecule has 5 heterocycles. The lowest BCUT2D eigenvalue weighted by Crippen LogP contribution is -2.48. The van der Waals surface area contributed by atoms with Gasteiger partial charge in [0, 0.05) is 42.0 Å². The minimum absolute atomic E-state index is 0.0205. The zero-order valence-corrected chi connectivity index (χ0v) is 19.5. The molecule has 1 aliphatic heterocycles. The number of nitrogens with zero attached hydrogens (tertiary/aromatic N) is 4. The largest absolute Gasteiger partial charge is 0.361 e. The molecule has 0 saturated carbocycles. The summed E-state index contributed by atoms with van der Waals surface area (Å²) in [6.45, 7) is 6.94. The summed E-state index contributed by atoms with van der Waals surface area (Å²) >= 11 is 3.12. The molecular weight excluding hydrogens is 446 g/mol. The molecule has 0 bridgehead atoms. The first-order valence-corrected chi connectivity index (χ1v) is 12.3. The molecule has 0 spiro atoms. The number of hydrogen-bond acceptors (Lipinski definition) is 8. The van der Waals surface area contributed by atoms with Gasteiger partial charge in [-0.15, -0.1) is 22.7 Å². The lowest BCUT2D eigenvalue weighted by molar-refractivity contribution is 0.0623. The van der Waals surface area contributed by atoms with E-state index in [1.165, 1.54) is 11.3 Å². The lowest BCUT2D eigenvalue weighted by Gasteiger charge is -2.34. The van der Waals surface area contributed by atoms with Crippen LogP contribution in [0, 0.1) is 6.92 Å². The van der Waals surface area contributed by atoms with E-state index >= 15 is 0 Å². The van der Waals surface area contributed by atoms with Gasteiger partial charge in [-0.25, -0.2) is 4.98 Å². The van der Waals surface area contributed by atoms with Crippen LogP contribution >= 0.6 is 22.7 Å². The maximum absolute atomic E-state index is 13.0. The Morgan fingerprint density at radius 2 is 2.06 bits per heavy atom. The molecule has 4 aromatic heterocycles. The van der Waals surface area contributed by atoms with Crippen molar-refractivity contribution >= 4 is 38.8 Å². The predicted octanol–water partition coefficient (Wildman–Crippen LogP) is 3.53. The van der Waals surface area contributed by atoms with Crippen LogP contribution in [0.3, 0.4) is 0 Å². The van der Waals surface area contributed by atoms with Crippen LogP contribution < -0.4 is 5.56 Å². The summed E-state index contributed by atoms with van der Waals surface area (Å²) in [5.41, 5.74) is 2.15. The van der Waals surface area contributed by atoms with Gasteiger partial charge >= 0.3 is 0 Å². The van der Waals surface area contributed by atoms with Crippen LogP contribution in [0.5, 0.6) is 0 Å². The molecule has 1 fully saturated rings. The normalized spacial score (nSPS) is 15.0. The number of hydrogen-bond donors (Lipinski definition) is 1. The van der Waals surface area contributed by atoms with E-state index in [-0.39, 0.29) is 11.5 Å². The van der Waals surface area contributed by atoms with Gasteiger partial charge in [-0.05, 0) is 24.8 Å². The molecule has 5 rings (SSSR count). The van der Waals surface area contributed by atoms with Gasteiger partial charge in [-0.3, -0.25) is 14.5 Å². The molecule has 0 aromatic carbocycles. The summed E-state index contributed by atoms with van der Waals surface area (Å²) < 4.78 is 5.22. The summed E-state index contributed by atoms with van der Waals surface area (Å²) in [6, 6.07) is 4.00. The second-order valence-corrected chi connectivity index (χ2v) is 9.61. The lowest BCUT2D eigenvalue weighted by atomic mass is 10.1. The number of fused-ring (bicyclic) bond motifs is 1. The van der Waals surface area contributed by atoms with E-state index in [1.54, 1.807) is 18.3 Å². The van der Waals surface area contributed by atoms with Crippen LogP contribution in [0.25, 0.3) is 20.7 Å². The summed E-state index contributed by atoms with van der Waals surface area (Å²) in [6.07, 6.45) is 0.663. The smallest absolute Gasteiger partial charge is 0.260 e. The number of nitrogens with one attached hydrogen (secondary N) is 1. The van der Waals surface area contributed by atoms with Gasteiger partial charge in [-0.1, -0.05) is 18.1 Å². The summed E-state index contributed by atoms with van der Waals surface area (Å²) in [5.74, 6) is 1.21. The fourth-order valence-corrected chi connectivity index (χ4v) is 5.88. The Hall–Kier alpha value is -2.82. The highest BCUT2D eigenvalue weighted by Crippen LogP contribution is 2.33. The van der Waals surface area contributed by atoms with E-state index in [9.17, 15) is 9.59 Å². The molecule has 0 atom stereocenters. The number of amides is 1. The Morgan fingerprint density at radius 3 is 2.78 bits per heavy atom. The minimum atomic E-state index is -0.0986. The third-order valence-corrected chi connectivity index (χ3v) is 7.57. The summed E-state index contributed by atoms with van der Waals surface area (Å²) in [5, 5.41) is 8.67. The van der Waals surface area contributed by atoms with E-state index in [4.69, 9.17) is 9.51 Å². The fraction of sp³-hybridized carbons (Fsp3) is 0.364. The number of piperazine rings is 1. The van der Waals surface area contributed by atoms with Crippen LogP contribution in [-0.4, -0.2) is 57.0 Å². The minimum Gasteiger partial charge on any atom is -0.361 e. The van der Waals surface area contributed by atoms with Crippen molar-refractivity contribution in [2.75, 3.05) is 26.2 Å². The second kappa shape index (κ2) is 8.61. The first kappa shape index (κ1) is 21.0. The van der Waals surface area contributed by atoms with Gasteiger partial charge in [0.25, 0.3) is 11.5 Å². The Morgan fingerprint density at radius 1 is 1.25 bits per heavy atom. The van der Waals surface area contributed by atoms with E-state index < -0.39 is 0 Å². The number of thiophene rings is 2. The van der Waals surface area contributed by atoms with Gasteiger partial charge in [-0.2, -0.15) is 0 Å². The van der Waals surface area contributed by atoms with Gasteiger partial charge < -0.3 is 14.4 Å². The van der Waals surface area contributed by atoms with Crippen LogP contribution in [0.2, 0.25) is 0 Å². The average Bonchev–Trinajstić information content (AvgIpc) is 3.53. The highest BCUT2D eigenvalue weighted by Gasteiger charge is 2.27. The highest BCUT2D eigenvalue weighted by atomic mass is 32.1. The molecule has 1 aliphatic rings. The SMILES string of the molecule is CCc1noc(C)c1C(=O)N1CCN(Cc2nc3scc(-c4cccs4)c3c(=O)[nH]2)CC1. The van der Waals surface area contributed by atoms with Crippen LogP contribution in [0.15, 0.2) is 32.2 Å². The molecule has 0 aliphatic carbocycles. The first-order chi connectivity index (χ1) is 15.5. The van der Waals surface area contributed by atoms with Crippen molar-refractivity contribution in [3.63, 3.8) is 0 Å². The number of aromatic amines is 1. The zero-order chi connectivity index (χ0) is 22.2. The maximum atomic E-state index is 13.0.